The number of carbonyl (C=O) groups is 3. The van der Waals surface area contributed by atoms with E-state index in [9.17, 15) is 14.7 Å². The lowest BCUT2D eigenvalue weighted by Gasteiger charge is -2.64. The number of esters is 2. The highest BCUT2D eigenvalue weighted by Gasteiger charge is 2.78. The molecule has 0 radical (unpaired) electrons. The van der Waals surface area contributed by atoms with Crippen molar-refractivity contribution in [2.45, 2.75) is 87.5 Å². The van der Waals surface area contributed by atoms with Crippen LogP contribution in [0.1, 0.15) is 79.2 Å². The number of anilines is 1. The Bertz CT molecular complexity index is 2700. The number of methoxy groups -OCH3 is 2. The third-order valence-corrected chi connectivity index (χ3v) is 16.4. The van der Waals surface area contributed by atoms with Crippen molar-refractivity contribution in [1.29, 1.82) is 0 Å². The molecule has 2 fully saturated rings. The molecular weight excluding hydrogens is 845 g/mol. The largest absolute Gasteiger partial charge is 0.496 e. The lowest BCUT2D eigenvalue weighted by atomic mass is 9.47. The van der Waals surface area contributed by atoms with Crippen molar-refractivity contribution in [3.63, 3.8) is 0 Å². The molecule has 12 nitrogen and oxygen atoms in total. The van der Waals surface area contributed by atoms with Gasteiger partial charge in [0.25, 0.3) is 5.91 Å². The Morgan fingerprint density at radius 3 is 2.48 bits per heavy atom. The van der Waals surface area contributed by atoms with Gasteiger partial charge in [-0.15, -0.1) is 0 Å². The number of para-hydroxylation sites is 1. The summed E-state index contributed by atoms with van der Waals surface area (Å²) in [6, 6.07) is 14.2. The predicted molar refractivity (Wildman–Crippen MR) is 246 cm³/mol. The summed E-state index contributed by atoms with van der Waals surface area (Å²) in [7, 11) is 4.93. The van der Waals surface area contributed by atoms with Crippen LogP contribution in [0.3, 0.4) is 0 Å². The molecule has 3 aromatic carbocycles. The number of halogens is 2. The Kier molecular flexibility index (Phi) is 10.8. The van der Waals surface area contributed by atoms with Crippen LogP contribution < -0.4 is 15.0 Å². The van der Waals surface area contributed by atoms with Crippen LogP contribution in [0.25, 0.3) is 10.9 Å². The first-order valence-electron chi connectivity index (χ1n) is 23.3. The molecule has 1 spiro atoms. The van der Waals surface area contributed by atoms with E-state index >= 15 is 13.6 Å². The second-order valence-corrected chi connectivity index (χ2v) is 19.4. The smallest absolute Gasteiger partial charge is 0.322 e. The molecule has 10 rings (SSSR count). The molecule has 1 aliphatic carbocycles. The highest BCUT2D eigenvalue weighted by molar-refractivity contribution is 5.95. The van der Waals surface area contributed by atoms with E-state index in [0.29, 0.717) is 50.1 Å². The molecule has 1 aromatic heterocycles. The maximum absolute atomic E-state index is 15.4. The third-order valence-electron chi connectivity index (χ3n) is 16.4. The van der Waals surface area contributed by atoms with E-state index in [1.165, 1.54) is 25.7 Å². The number of nitrogens with zero attached hydrogens (tertiary/aromatic N) is 3. The van der Waals surface area contributed by atoms with Gasteiger partial charge in [0, 0.05) is 90.9 Å². The van der Waals surface area contributed by atoms with E-state index in [1.807, 2.05) is 43.1 Å². The molecule has 14 heteroatoms. The second-order valence-electron chi connectivity index (χ2n) is 19.4. The molecular formula is C52H59F2N5O7. The molecule has 4 aromatic rings. The van der Waals surface area contributed by atoms with Crippen molar-refractivity contribution >= 4 is 34.4 Å². The number of benzene rings is 3. The van der Waals surface area contributed by atoms with E-state index in [4.69, 9.17) is 14.2 Å². The van der Waals surface area contributed by atoms with Gasteiger partial charge >= 0.3 is 11.9 Å². The number of H-pyrrole nitrogens is 1. The monoisotopic (exact) mass is 903 g/mol. The lowest BCUT2D eigenvalue weighted by molar-refractivity contribution is -0.216. The molecule has 9 atom stereocenters. The van der Waals surface area contributed by atoms with E-state index in [0.717, 1.165) is 71.6 Å². The summed E-state index contributed by atoms with van der Waals surface area (Å²) in [5.74, 6) is -3.74. The fraction of sp³-hybridized carbons (Fsp3) is 0.481. The summed E-state index contributed by atoms with van der Waals surface area (Å²) in [6.45, 7) is 8.67. The summed E-state index contributed by atoms with van der Waals surface area (Å²) >= 11 is 0. The summed E-state index contributed by atoms with van der Waals surface area (Å²) in [4.78, 5) is 53.3. The average Bonchev–Trinajstić information content (AvgIpc) is 3.97. The standard InChI is InChI=1S/C52H59F2N5O7/c1-7-31-23-32-26-51(48(62)65-6,43-34(17-21-58(27-31)28-32)33-13-9-10-16-39(33)56-43)36-24-35-40(25-41(36)64-5)57(4)46-50(35)19-22-59-20-12-18-49(8-2,45(50)59)47(66-30(3)60)52(46,63)29-55-44(61)42-37(53)14-11-15-38(42)54/h9-16,18,23-25,32,45-47,56,63H,7-8,17,19-22,26-29H2,1-6H3,(H,55,61)/t32-,45-,46+,47+,49+,50+,51-,52-/m0/s1. The Balaban J connectivity index is 1.24. The summed E-state index contributed by atoms with van der Waals surface area (Å²) < 4.78 is 49.0. The fourth-order valence-corrected chi connectivity index (χ4v) is 14.0. The Morgan fingerprint density at radius 2 is 1.77 bits per heavy atom. The first-order valence-corrected chi connectivity index (χ1v) is 23.3. The van der Waals surface area contributed by atoms with Crippen LogP contribution in [0.5, 0.6) is 5.75 Å². The van der Waals surface area contributed by atoms with Gasteiger partial charge in [-0.2, -0.15) is 0 Å². The van der Waals surface area contributed by atoms with E-state index in [1.54, 1.807) is 7.11 Å². The third kappa shape index (κ3) is 6.12. The van der Waals surface area contributed by atoms with Crippen molar-refractivity contribution in [2.24, 2.45) is 11.3 Å². The van der Waals surface area contributed by atoms with Gasteiger partial charge in [0.2, 0.25) is 0 Å². The Hall–Kier alpha value is -5.57. The van der Waals surface area contributed by atoms with Crippen LogP contribution in [-0.4, -0.2) is 122 Å². The number of rotatable bonds is 9. The molecule has 1 unspecified atom stereocenters. The number of carbonyl (C=O) groups excluding carboxylic acids is 3. The number of aromatic nitrogens is 1. The maximum Gasteiger partial charge on any atom is 0.322 e. The van der Waals surface area contributed by atoms with Gasteiger partial charge in [-0.05, 0) is 80.0 Å². The van der Waals surface area contributed by atoms with E-state index in [-0.39, 0.29) is 12.0 Å². The van der Waals surface area contributed by atoms with Crippen molar-refractivity contribution in [3.05, 3.63) is 118 Å². The topological polar surface area (TPSA) is 137 Å². The summed E-state index contributed by atoms with van der Waals surface area (Å²) in [5.41, 5.74) is 0.169. The first-order chi connectivity index (χ1) is 31.7. The SMILES string of the molecule is CCC1=C[C@@H]2CN(CCc3c([nH]c4ccccc34)[C@@](C(=O)OC)(c3cc4c(cc3OC)N(C)[C@H]3[C@@](O)(CNC(=O)c5c(F)cccc5F)[C@H](OC(C)=O)[C@]5(CC)C=CCN6CC[C@]43[C@@H]65)C2)C1. The number of likely N-dealkylation sites (N-methyl/N-ethyl adjacent to an activating group) is 1. The number of hydrogen-bond donors (Lipinski definition) is 3. The van der Waals surface area contributed by atoms with Gasteiger partial charge in [0.1, 0.15) is 40.1 Å². The number of nitrogens with one attached hydrogen (secondary N) is 2. The zero-order valence-electron chi connectivity index (χ0n) is 38.5. The van der Waals surface area contributed by atoms with Crippen LogP contribution in [0.4, 0.5) is 14.5 Å². The molecule has 3 N–H and O–H groups in total. The van der Waals surface area contributed by atoms with Crippen LogP contribution in [0.15, 0.2) is 78.4 Å². The predicted octanol–water partition coefficient (Wildman–Crippen LogP) is 6.33. The molecule has 348 valence electrons. The summed E-state index contributed by atoms with van der Waals surface area (Å²) in [5, 5.41) is 17.6. The van der Waals surface area contributed by atoms with Crippen molar-refractivity contribution < 1.29 is 42.5 Å². The first kappa shape index (κ1) is 44.3. The van der Waals surface area contributed by atoms with Crippen molar-refractivity contribution in [2.75, 3.05) is 65.4 Å². The van der Waals surface area contributed by atoms with Crippen LogP contribution in [0, 0.1) is 23.0 Å². The number of amides is 1. The lowest BCUT2D eigenvalue weighted by Crippen LogP contribution is -2.81. The number of ether oxygens (including phenoxy) is 3. The highest BCUT2D eigenvalue weighted by atomic mass is 19.1. The van der Waals surface area contributed by atoms with Crippen molar-refractivity contribution in [3.8, 4) is 5.75 Å². The van der Waals surface area contributed by atoms with E-state index < -0.39 is 75.6 Å². The van der Waals surface area contributed by atoms with Crippen LogP contribution >= 0.6 is 0 Å². The second kappa shape index (κ2) is 16.1. The molecule has 6 heterocycles. The van der Waals surface area contributed by atoms with Gasteiger partial charge in [0.15, 0.2) is 0 Å². The van der Waals surface area contributed by atoms with Gasteiger partial charge in [-0.25, -0.2) is 8.78 Å². The molecule has 1 amide bonds. The van der Waals surface area contributed by atoms with E-state index in [2.05, 4.69) is 57.4 Å². The quantitative estimate of drug-likeness (QED) is 0.129. The molecule has 5 aliphatic heterocycles. The number of aliphatic hydroxyl groups is 1. The molecule has 66 heavy (non-hydrogen) atoms. The fourth-order valence-electron chi connectivity index (χ4n) is 14.0. The number of fused-ring (bicyclic) bond motifs is 6. The van der Waals surface area contributed by atoms with Crippen LogP contribution in [0.2, 0.25) is 0 Å². The van der Waals surface area contributed by atoms with Gasteiger partial charge in [-0.3, -0.25) is 24.2 Å². The summed E-state index contributed by atoms with van der Waals surface area (Å²) in [6.07, 6.45) is 8.22. The molecule has 1 saturated carbocycles. The molecule has 2 bridgehead atoms. The zero-order valence-corrected chi connectivity index (χ0v) is 38.5. The maximum atomic E-state index is 15.4. The minimum Gasteiger partial charge on any atom is -0.496 e. The van der Waals surface area contributed by atoms with Gasteiger partial charge < -0.3 is 34.5 Å². The number of hydrogen-bond acceptors (Lipinski definition) is 10. The molecule has 6 aliphatic rings. The minimum absolute atomic E-state index is 0.0259. The highest BCUT2D eigenvalue weighted by Crippen LogP contribution is 2.68. The Morgan fingerprint density at radius 1 is 1.00 bits per heavy atom. The van der Waals surface area contributed by atoms with Crippen molar-refractivity contribution in [1.82, 2.24) is 20.1 Å². The normalized spacial score (nSPS) is 31.9. The zero-order chi connectivity index (χ0) is 46.5. The Labute approximate surface area is 383 Å². The van der Waals surface area contributed by atoms with Gasteiger partial charge in [-0.1, -0.05) is 61.9 Å². The van der Waals surface area contributed by atoms with Gasteiger partial charge in [0.05, 0.1) is 26.8 Å². The van der Waals surface area contributed by atoms with Crippen LogP contribution in [-0.2, 0) is 36.3 Å². The number of aromatic amines is 1. The minimum atomic E-state index is -2.05. The average molecular weight is 904 g/mol. The molecule has 1 saturated heterocycles.